The second-order valence-corrected chi connectivity index (χ2v) is 8.92. The molecule has 1 aliphatic carbocycles. The van der Waals surface area contributed by atoms with Gasteiger partial charge in [-0.3, -0.25) is 0 Å². The molecule has 0 saturated heterocycles. The van der Waals surface area contributed by atoms with Crippen molar-refractivity contribution in [3.63, 3.8) is 0 Å². The lowest BCUT2D eigenvalue weighted by molar-refractivity contribution is 0.304. The van der Waals surface area contributed by atoms with Crippen molar-refractivity contribution in [3.8, 4) is 16.9 Å². The smallest absolute Gasteiger partial charge is 0.119 e. The Morgan fingerprint density at radius 3 is 1.93 bits per heavy atom. The fourth-order valence-electron chi connectivity index (χ4n) is 4.69. The maximum atomic E-state index is 5.87. The van der Waals surface area contributed by atoms with E-state index in [1.165, 1.54) is 80.9 Å². The van der Waals surface area contributed by atoms with Crippen molar-refractivity contribution < 1.29 is 4.74 Å². The zero-order valence-corrected chi connectivity index (χ0v) is 18.7. The molecule has 0 radical (unpaired) electrons. The standard InChI is InChI=1S/C28H40O/c1-3-5-7-8-22-29-28-20-18-27(19-21-28)26-16-14-25(15-17-26)24-12-10-23(11-13-24)9-6-4-2/h14-21,23-24H,3-13,22H2,1-2H3. The Morgan fingerprint density at radius 1 is 0.690 bits per heavy atom. The highest BCUT2D eigenvalue weighted by molar-refractivity contribution is 5.64. The summed E-state index contributed by atoms with van der Waals surface area (Å²) in [5.74, 6) is 2.74. The van der Waals surface area contributed by atoms with E-state index in [4.69, 9.17) is 4.74 Å². The van der Waals surface area contributed by atoms with Crippen molar-refractivity contribution in [1.82, 2.24) is 0 Å². The summed E-state index contributed by atoms with van der Waals surface area (Å²) < 4.78 is 5.87. The van der Waals surface area contributed by atoms with Gasteiger partial charge in [0.1, 0.15) is 5.75 Å². The van der Waals surface area contributed by atoms with Crippen LogP contribution in [0.25, 0.3) is 11.1 Å². The normalized spacial score (nSPS) is 19.2. The first kappa shape index (κ1) is 21.9. The fourth-order valence-corrected chi connectivity index (χ4v) is 4.69. The first-order chi connectivity index (χ1) is 14.3. The number of ether oxygens (including phenoxy) is 1. The lowest BCUT2D eigenvalue weighted by Crippen LogP contribution is -2.13. The summed E-state index contributed by atoms with van der Waals surface area (Å²) in [6, 6.07) is 17.9. The summed E-state index contributed by atoms with van der Waals surface area (Å²) in [6.45, 7) is 5.38. The van der Waals surface area contributed by atoms with Crippen molar-refractivity contribution in [3.05, 3.63) is 54.1 Å². The minimum Gasteiger partial charge on any atom is -0.494 e. The van der Waals surface area contributed by atoms with Crippen LogP contribution < -0.4 is 4.74 Å². The molecule has 0 atom stereocenters. The average molecular weight is 393 g/mol. The molecular weight excluding hydrogens is 352 g/mol. The molecule has 1 heteroatoms. The van der Waals surface area contributed by atoms with E-state index in [0.29, 0.717) is 0 Å². The number of unbranched alkanes of at least 4 members (excludes halogenated alkanes) is 4. The van der Waals surface area contributed by atoms with Crippen molar-refractivity contribution in [2.75, 3.05) is 6.61 Å². The molecular formula is C28H40O. The van der Waals surface area contributed by atoms with Crippen LogP contribution in [0.3, 0.4) is 0 Å². The molecule has 0 bridgehead atoms. The van der Waals surface area contributed by atoms with Gasteiger partial charge in [0.25, 0.3) is 0 Å². The maximum Gasteiger partial charge on any atom is 0.119 e. The second kappa shape index (κ2) is 12.1. The number of hydrogen-bond donors (Lipinski definition) is 0. The van der Waals surface area contributed by atoms with Gasteiger partial charge < -0.3 is 4.74 Å². The Labute approximate surface area is 178 Å². The average Bonchev–Trinajstić information content (AvgIpc) is 2.78. The Kier molecular flexibility index (Phi) is 9.12. The van der Waals surface area contributed by atoms with E-state index >= 15 is 0 Å². The summed E-state index contributed by atoms with van der Waals surface area (Å²) in [6.07, 6.45) is 14.8. The maximum absolute atomic E-state index is 5.87. The van der Waals surface area contributed by atoms with Crippen LogP contribution in [-0.4, -0.2) is 6.61 Å². The van der Waals surface area contributed by atoms with Crippen LogP contribution in [0.15, 0.2) is 48.5 Å². The summed E-state index contributed by atoms with van der Waals surface area (Å²) in [5, 5.41) is 0. The van der Waals surface area contributed by atoms with Crippen molar-refractivity contribution in [2.45, 2.75) is 90.4 Å². The van der Waals surface area contributed by atoms with E-state index in [9.17, 15) is 0 Å². The molecule has 29 heavy (non-hydrogen) atoms. The predicted molar refractivity (Wildman–Crippen MR) is 126 cm³/mol. The van der Waals surface area contributed by atoms with E-state index in [1.807, 2.05) is 0 Å². The molecule has 0 N–H and O–H groups in total. The van der Waals surface area contributed by atoms with Crippen LogP contribution in [0.4, 0.5) is 0 Å². The molecule has 0 aromatic heterocycles. The fraction of sp³-hybridized carbons (Fsp3) is 0.571. The monoisotopic (exact) mass is 392 g/mol. The van der Waals surface area contributed by atoms with Gasteiger partial charge in [0, 0.05) is 0 Å². The molecule has 1 aliphatic rings. The van der Waals surface area contributed by atoms with Crippen LogP contribution in [0, 0.1) is 5.92 Å². The molecule has 1 saturated carbocycles. The van der Waals surface area contributed by atoms with Crippen LogP contribution >= 0.6 is 0 Å². The van der Waals surface area contributed by atoms with Gasteiger partial charge in [0.05, 0.1) is 6.61 Å². The van der Waals surface area contributed by atoms with E-state index in [1.54, 1.807) is 0 Å². The van der Waals surface area contributed by atoms with Gasteiger partial charge in [-0.15, -0.1) is 0 Å². The van der Waals surface area contributed by atoms with E-state index < -0.39 is 0 Å². The Hall–Kier alpha value is -1.76. The molecule has 2 aromatic rings. The Balaban J connectivity index is 1.48. The zero-order valence-electron chi connectivity index (χ0n) is 18.7. The first-order valence-corrected chi connectivity index (χ1v) is 12.1. The SMILES string of the molecule is CCCCCCOc1ccc(-c2ccc(C3CCC(CCCC)CC3)cc2)cc1. The third-order valence-corrected chi connectivity index (χ3v) is 6.65. The van der Waals surface area contributed by atoms with E-state index in [-0.39, 0.29) is 0 Å². The molecule has 3 rings (SSSR count). The number of benzene rings is 2. The Bertz CT molecular complexity index is 677. The zero-order chi connectivity index (χ0) is 20.3. The lowest BCUT2D eigenvalue weighted by atomic mass is 9.77. The summed E-state index contributed by atoms with van der Waals surface area (Å²) >= 11 is 0. The van der Waals surface area contributed by atoms with Crippen molar-refractivity contribution in [2.24, 2.45) is 5.92 Å². The minimum absolute atomic E-state index is 0.769. The van der Waals surface area contributed by atoms with Gasteiger partial charge in [-0.2, -0.15) is 0 Å². The van der Waals surface area contributed by atoms with Crippen molar-refractivity contribution >= 4 is 0 Å². The number of rotatable bonds is 11. The van der Waals surface area contributed by atoms with Crippen LogP contribution in [0.5, 0.6) is 5.75 Å². The Morgan fingerprint density at radius 2 is 1.31 bits per heavy atom. The number of hydrogen-bond acceptors (Lipinski definition) is 1. The second-order valence-electron chi connectivity index (χ2n) is 8.92. The topological polar surface area (TPSA) is 9.23 Å². The van der Waals surface area contributed by atoms with Gasteiger partial charge in [-0.25, -0.2) is 0 Å². The minimum atomic E-state index is 0.769. The van der Waals surface area contributed by atoms with Gasteiger partial charge >= 0.3 is 0 Å². The molecule has 0 aliphatic heterocycles. The predicted octanol–water partition coefficient (Wildman–Crippen LogP) is 8.78. The molecule has 2 aromatic carbocycles. The summed E-state index contributed by atoms with van der Waals surface area (Å²) in [4.78, 5) is 0. The van der Waals surface area contributed by atoms with Gasteiger partial charge in [-0.1, -0.05) is 88.8 Å². The molecule has 0 unspecified atom stereocenters. The van der Waals surface area contributed by atoms with Gasteiger partial charge in [0.2, 0.25) is 0 Å². The quantitative estimate of drug-likeness (QED) is 0.347. The van der Waals surface area contributed by atoms with Gasteiger partial charge in [-0.05, 0) is 72.8 Å². The molecule has 0 spiro atoms. The summed E-state index contributed by atoms with van der Waals surface area (Å²) in [7, 11) is 0. The van der Waals surface area contributed by atoms with Crippen LogP contribution in [0.2, 0.25) is 0 Å². The molecule has 1 fully saturated rings. The highest BCUT2D eigenvalue weighted by Gasteiger charge is 2.21. The van der Waals surface area contributed by atoms with Crippen LogP contribution in [0.1, 0.15) is 96.0 Å². The highest BCUT2D eigenvalue weighted by atomic mass is 16.5. The molecule has 158 valence electrons. The molecule has 0 amide bonds. The van der Waals surface area contributed by atoms with Crippen molar-refractivity contribution in [1.29, 1.82) is 0 Å². The first-order valence-electron chi connectivity index (χ1n) is 12.1. The largest absolute Gasteiger partial charge is 0.494 e. The lowest BCUT2D eigenvalue weighted by Gasteiger charge is -2.29. The van der Waals surface area contributed by atoms with Gasteiger partial charge in [0.15, 0.2) is 0 Å². The van der Waals surface area contributed by atoms with Crippen LogP contribution in [-0.2, 0) is 0 Å². The third-order valence-electron chi connectivity index (χ3n) is 6.65. The van der Waals surface area contributed by atoms with E-state index in [0.717, 1.165) is 30.6 Å². The van der Waals surface area contributed by atoms with E-state index in [2.05, 4.69) is 62.4 Å². The third kappa shape index (κ3) is 6.91. The highest BCUT2D eigenvalue weighted by Crippen LogP contribution is 2.38. The summed E-state index contributed by atoms with van der Waals surface area (Å²) in [5.41, 5.74) is 4.12. The molecule has 0 heterocycles. The molecule has 1 nitrogen and oxygen atoms in total.